The van der Waals surface area contributed by atoms with Crippen LogP contribution in [0.1, 0.15) is 37.0 Å². The molecule has 0 unspecified atom stereocenters. The number of rotatable bonds is 2. The first kappa shape index (κ1) is 14.9. The molecule has 0 spiro atoms. The fourth-order valence-electron chi connectivity index (χ4n) is 1.83. The summed E-state index contributed by atoms with van der Waals surface area (Å²) >= 11 is 11.9. The van der Waals surface area contributed by atoms with Crippen LogP contribution in [0.15, 0.2) is 24.3 Å². The Hall–Kier alpha value is -1.52. The van der Waals surface area contributed by atoms with Crippen LogP contribution in [0.25, 0.3) is 5.69 Å². The Kier molecular flexibility index (Phi) is 3.80. The summed E-state index contributed by atoms with van der Waals surface area (Å²) < 4.78 is 1.59. The molecule has 0 fully saturated rings. The van der Waals surface area contributed by atoms with Gasteiger partial charge in [0.15, 0.2) is 5.69 Å². The molecule has 0 bridgehead atoms. The number of nitrogens with zero attached hydrogens (tertiary/aromatic N) is 2. The second-order valence-corrected chi connectivity index (χ2v) is 6.29. The lowest BCUT2D eigenvalue weighted by Crippen LogP contribution is -2.17. The van der Waals surface area contributed by atoms with Crippen molar-refractivity contribution in [1.29, 1.82) is 0 Å². The highest BCUT2D eigenvalue weighted by Gasteiger charge is 2.24. The fourth-order valence-corrected chi connectivity index (χ4v) is 2.13. The summed E-state index contributed by atoms with van der Waals surface area (Å²) in [6.07, 6.45) is 0. The molecule has 2 rings (SSSR count). The third kappa shape index (κ3) is 2.81. The van der Waals surface area contributed by atoms with Gasteiger partial charge in [0.2, 0.25) is 0 Å². The summed E-state index contributed by atoms with van der Waals surface area (Å²) in [4.78, 5) is 11.1. The minimum atomic E-state index is -1.06. The Balaban J connectivity index is 2.65. The van der Waals surface area contributed by atoms with Gasteiger partial charge in [0.1, 0.15) is 0 Å². The number of hydrogen-bond donors (Lipinski definition) is 1. The zero-order valence-electron chi connectivity index (χ0n) is 11.3. The standard InChI is InChI=1S/C14H14Cl2N2O2/c1-14(2,3)12-7-11(13(19)20)17-18(12)8-4-5-9(15)10(16)6-8/h4-7H,1-3H3,(H,19,20). The predicted molar refractivity (Wildman–Crippen MR) is 79.2 cm³/mol. The summed E-state index contributed by atoms with van der Waals surface area (Å²) in [5.74, 6) is -1.06. The maximum absolute atomic E-state index is 11.1. The van der Waals surface area contributed by atoms with Crippen LogP contribution >= 0.6 is 23.2 Å². The molecule has 0 aliphatic heterocycles. The van der Waals surface area contributed by atoms with E-state index in [9.17, 15) is 4.79 Å². The second-order valence-electron chi connectivity index (χ2n) is 5.48. The van der Waals surface area contributed by atoms with Gasteiger partial charge < -0.3 is 5.11 Å². The maximum Gasteiger partial charge on any atom is 0.356 e. The number of benzene rings is 1. The third-order valence-corrected chi connectivity index (χ3v) is 3.58. The van der Waals surface area contributed by atoms with Gasteiger partial charge >= 0.3 is 5.97 Å². The SMILES string of the molecule is CC(C)(C)c1cc(C(=O)O)nn1-c1ccc(Cl)c(Cl)c1. The van der Waals surface area contributed by atoms with E-state index >= 15 is 0 Å². The zero-order chi connectivity index (χ0) is 15.1. The van der Waals surface area contributed by atoms with Crippen LogP contribution in [0.3, 0.4) is 0 Å². The first-order valence-corrected chi connectivity index (χ1v) is 6.75. The van der Waals surface area contributed by atoms with E-state index in [0.29, 0.717) is 15.7 Å². The molecular formula is C14H14Cl2N2O2. The molecule has 0 radical (unpaired) electrons. The van der Waals surface area contributed by atoms with E-state index in [2.05, 4.69) is 5.10 Å². The summed E-state index contributed by atoms with van der Waals surface area (Å²) in [5.41, 5.74) is 1.21. The van der Waals surface area contributed by atoms with Crippen molar-refractivity contribution in [2.24, 2.45) is 0 Å². The van der Waals surface area contributed by atoms with Gasteiger partial charge in [-0.15, -0.1) is 0 Å². The van der Waals surface area contributed by atoms with Crippen LogP contribution in [-0.4, -0.2) is 20.9 Å². The summed E-state index contributed by atoms with van der Waals surface area (Å²) in [6.45, 7) is 5.97. The van der Waals surface area contributed by atoms with Crippen molar-refractivity contribution in [2.75, 3.05) is 0 Å². The van der Waals surface area contributed by atoms with Crippen LogP contribution < -0.4 is 0 Å². The second kappa shape index (κ2) is 5.11. The zero-order valence-corrected chi connectivity index (χ0v) is 12.8. The van der Waals surface area contributed by atoms with Crippen LogP contribution in [0, 0.1) is 0 Å². The van der Waals surface area contributed by atoms with E-state index in [1.54, 1.807) is 28.9 Å². The molecule has 6 heteroatoms. The van der Waals surface area contributed by atoms with Gasteiger partial charge in [0.05, 0.1) is 21.4 Å². The molecule has 1 aromatic carbocycles. The lowest BCUT2D eigenvalue weighted by Gasteiger charge is -2.20. The quantitative estimate of drug-likeness (QED) is 0.905. The van der Waals surface area contributed by atoms with Gasteiger partial charge in [0, 0.05) is 5.41 Å². The Morgan fingerprint density at radius 3 is 2.35 bits per heavy atom. The summed E-state index contributed by atoms with van der Waals surface area (Å²) in [7, 11) is 0. The summed E-state index contributed by atoms with van der Waals surface area (Å²) in [6, 6.07) is 6.65. The molecule has 1 heterocycles. The predicted octanol–water partition coefficient (Wildman–Crippen LogP) is 4.17. The van der Waals surface area contributed by atoms with Crippen LogP contribution in [0.2, 0.25) is 10.0 Å². The molecule has 1 N–H and O–H groups in total. The van der Waals surface area contributed by atoms with Gasteiger partial charge in [-0.2, -0.15) is 5.10 Å². The molecule has 106 valence electrons. The number of carboxylic acid groups (broad SMARTS) is 1. The number of hydrogen-bond acceptors (Lipinski definition) is 2. The average Bonchev–Trinajstić information content (AvgIpc) is 2.77. The van der Waals surface area contributed by atoms with E-state index in [1.165, 1.54) is 0 Å². The van der Waals surface area contributed by atoms with E-state index in [4.69, 9.17) is 28.3 Å². The Labute approximate surface area is 126 Å². The minimum absolute atomic E-state index is 0.000924. The van der Waals surface area contributed by atoms with Crippen molar-refractivity contribution in [3.8, 4) is 5.69 Å². The Bertz CT molecular complexity index is 672. The molecule has 0 aliphatic rings. The number of halogens is 2. The largest absolute Gasteiger partial charge is 0.476 e. The molecule has 0 saturated heterocycles. The van der Waals surface area contributed by atoms with E-state index in [1.807, 2.05) is 20.8 Å². The number of carbonyl (C=O) groups is 1. The third-order valence-electron chi connectivity index (χ3n) is 2.84. The minimum Gasteiger partial charge on any atom is -0.476 e. The molecular weight excluding hydrogens is 299 g/mol. The van der Waals surface area contributed by atoms with E-state index in [-0.39, 0.29) is 11.1 Å². The van der Waals surface area contributed by atoms with Gasteiger partial charge in [-0.05, 0) is 24.3 Å². The van der Waals surface area contributed by atoms with E-state index in [0.717, 1.165) is 5.69 Å². The highest BCUT2D eigenvalue weighted by Crippen LogP contribution is 2.29. The van der Waals surface area contributed by atoms with E-state index < -0.39 is 5.97 Å². The van der Waals surface area contributed by atoms with Crippen LogP contribution in [-0.2, 0) is 5.41 Å². The molecule has 0 aliphatic carbocycles. The Morgan fingerprint density at radius 2 is 1.85 bits per heavy atom. The van der Waals surface area contributed by atoms with Gasteiger partial charge in [-0.25, -0.2) is 9.48 Å². The van der Waals surface area contributed by atoms with Gasteiger partial charge in [-0.1, -0.05) is 44.0 Å². The van der Waals surface area contributed by atoms with Crippen molar-refractivity contribution in [1.82, 2.24) is 9.78 Å². The molecule has 0 amide bonds. The number of aromatic nitrogens is 2. The monoisotopic (exact) mass is 312 g/mol. The first-order chi connectivity index (χ1) is 9.20. The Morgan fingerprint density at radius 1 is 1.20 bits per heavy atom. The molecule has 20 heavy (non-hydrogen) atoms. The van der Waals surface area contributed by atoms with Gasteiger partial charge in [0.25, 0.3) is 0 Å². The molecule has 2 aromatic rings. The number of carboxylic acids is 1. The smallest absolute Gasteiger partial charge is 0.356 e. The van der Waals surface area contributed by atoms with Crippen molar-refractivity contribution in [3.05, 3.63) is 45.7 Å². The highest BCUT2D eigenvalue weighted by atomic mass is 35.5. The van der Waals surface area contributed by atoms with Crippen LogP contribution in [0.4, 0.5) is 0 Å². The molecule has 0 atom stereocenters. The molecule has 0 saturated carbocycles. The average molecular weight is 313 g/mol. The van der Waals surface area contributed by atoms with Crippen molar-refractivity contribution >= 4 is 29.2 Å². The van der Waals surface area contributed by atoms with Crippen molar-refractivity contribution in [3.63, 3.8) is 0 Å². The van der Waals surface area contributed by atoms with Crippen LogP contribution in [0.5, 0.6) is 0 Å². The topological polar surface area (TPSA) is 55.1 Å². The molecule has 1 aromatic heterocycles. The first-order valence-electron chi connectivity index (χ1n) is 5.99. The number of aromatic carboxylic acids is 1. The normalized spacial score (nSPS) is 11.7. The lowest BCUT2D eigenvalue weighted by atomic mass is 9.91. The molecule has 4 nitrogen and oxygen atoms in total. The van der Waals surface area contributed by atoms with Gasteiger partial charge in [-0.3, -0.25) is 0 Å². The van der Waals surface area contributed by atoms with Crippen molar-refractivity contribution < 1.29 is 9.90 Å². The van der Waals surface area contributed by atoms with Crippen molar-refractivity contribution in [2.45, 2.75) is 26.2 Å². The lowest BCUT2D eigenvalue weighted by molar-refractivity contribution is 0.0690. The highest BCUT2D eigenvalue weighted by molar-refractivity contribution is 6.42. The fraction of sp³-hybridized carbons (Fsp3) is 0.286. The maximum atomic E-state index is 11.1. The summed E-state index contributed by atoms with van der Waals surface area (Å²) in [5, 5.41) is 14.1.